The maximum absolute atomic E-state index is 12.3. The first-order valence-corrected chi connectivity index (χ1v) is 8.31. The highest BCUT2D eigenvalue weighted by Gasteiger charge is 2.35. The molecule has 0 spiro atoms. The summed E-state index contributed by atoms with van der Waals surface area (Å²) in [6.45, 7) is 5.82. The minimum absolute atomic E-state index is 0.0224. The third-order valence-electron chi connectivity index (χ3n) is 4.67. The van der Waals surface area contributed by atoms with Crippen LogP contribution in [0.25, 0.3) is 0 Å². The molecule has 2 amide bonds. The SMILES string of the molecule is Cc1ccc(N2C[C@@H](C(=O)NC[C@H]3CCCO3)CC2=O)c(C)c1. The fourth-order valence-electron chi connectivity index (χ4n) is 3.39. The summed E-state index contributed by atoms with van der Waals surface area (Å²) in [4.78, 5) is 26.4. The summed E-state index contributed by atoms with van der Waals surface area (Å²) in [6.07, 6.45) is 2.47. The molecule has 5 heteroatoms. The fourth-order valence-corrected chi connectivity index (χ4v) is 3.39. The second kappa shape index (κ2) is 6.71. The molecule has 1 aromatic carbocycles. The van der Waals surface area contributed by atoms with E-state index >= 15 is 0 Å². The fraction of sp³-hybridized carbons (Fsp3) is 0.556. The van der Waals surface area contributed by atoms with Crippen molar-refractivity contribution in [1.29, 1.82) is 0 Å². The molecular formula is C18H24N2O3. The molecule has 2 saturated heterocycles. The van der Waals surface area contributed by atoms with Gasteiger partial charge in [0, 0.05) is 31.8 Å². The van der Waals surface area contributed by atoms with Crippen LogP contribution in [0, 0.1) is 19.8 Å². The van der Waals surface area contributed by atoms with Gasteiger partial charge in [0.15, 0.2) is 0 Å². The van der Waals surface area contributed by atoms with Gasteiger partial charge in [0.1, 0.15) is 0 Å². The van der Waals surface area contributed by atoms with E-state index in [-0.39, 0.29) is 30.3 Å². The Bertz CT molecular complexity index is 608. The topological polar surface area (TPSA) is 58.6 Å². The molecule has 0 radical (unpaired) electrons. The molecule has 124 valence electrons. The van der Waals surface area contributed by atoms with Gasteiger partial charge in [-0.3, -0.25) is 9.59 Å². The highest BCUT2D eigenvalue weighted by Crippen LogP contribution is 2.28. The number of hydrogen-bond donors (Lipinski definition) is 1. The smallest absolute Gasteiger partial charge is 0.227 e. The molecule has 5 nitrogen and oxygen atoms in total. The Morgan fingerprint density at radius 1 is 1.39 bits per heavy atom. The Balaban J connectivity index is 1.61. The summed E-state index contributed by atoms with van der Waals surface area (Å²) in [5, 5.41) is 2.94. The van der Waals surface area contributed by atoms with E-state index in [4.69, 9.17) is 4.74 Å². The van der Waals surface area contributed by atoms with E-state index in [2.05, 4.69) is 11.4 Å². The number of nitrogens with zero attached hydrogens (tertiary/aromatic N) is 1. The third kappa shape index (κ3) is 3.55. The molecule has 1 aromatic rings. The second-order valence-corrected chi connectivity index (χ2v) is 6.58. The first-order chi connectivity index (χ1) is 11.0. The van der Waals surface area contributed by atoms with E-state index in [9.17, 15) is 9.59 Å². The number of benzene rings is 1. The summed E-state index contributed by atoms with van der Waals surface area (Å²) >= 11 is 0. The van der Waals surface area contributed by atoms with Gasteiger partial charge in [0.05, 0.1) is 12.0 Å². The van der Waals surface area contributed by atoms with Crippen LogP contribution in [0.1, 0.15) is 30.4 Å². The first-order valence-electron chi connectivity index (χ1n) is 8.31. The van der Waals surface area contributed by atoms with Gasteiger partial charge < -0.3 is 15.0 Å². The van der Waals surface area contributed by atoms with E-state index in [0.717, 1.165) is 30.7 Å². The average molecular weight is 316 g/mol. The minimum Gasteiger partial charge on any atom is -0.376 e. The van der Waals surface area contributed by atoms with Crippen LogP contribution in [-0.4, -0.2) is 37.6 Å². The zero-order valence-corrected chi connectivity index (χ0v) is 13.8. The van der Waals surface area contributed by atoms with Crippen molar-refractivity contribution < 1.29 is 14.3 Å². The standard InChI is InChI=1S/C18H24N2O3/c1-12-5-6-16(13(2)8-12)20-11-14(9-17(20)21)18(22)19-10-15-4-3-7-23-15/h5-6,8,14-15H,3-4,7,9-11H2,1-2H3,(H,19,22)/t14-,15+/m0/s1. The normalized spacial score (nSPS) is 24.3. The lowest BCUT2D eigenvalue weighted by molar-refractivity contribution is -0.126. The Morgan fingerprint density at radius 2 is 2.22 bits per heavy atom. The Hall–Kier alpha value is -1.88. The van der Waals surface area contributed by atoms with Gasteiger partial charge in [-0.1, -0.05) is 17.7 Å². The molecule has 0 aliphatic carbocycles. The van der Waals surface area contributed by atoms with Gasteiger partial charge in [-0.25, -0.2) is 0 Å². The molecule has 0 unspecified atom stereocenters. The molecule has 23 heavy (non-hydrogen) atoms. The molecule has 1 N–H and O–H groups in total. The van der Waals surface area contributed by atoms with Crippen molar-refractivity contribution in [2.45, 2.75) is 39.2 Å². The van der Waals surface area contributed by atoms with Crippen molar-refractivity contribution in [3.05, 3.63) is 29.3 Å². The summed E-state index contributed by atoms with van der Waals surface area (Å²) in [6, 6.07) is 6.03. The number of nitrogens with one attached hydrogen (secondary N) is 1. The second-order valence-electron chi connectivity index (χ2n) is 6.58. The van der Waals surface area contributed by atoms with E-state index in [1.165, 1.54) is 5.56 Å². The number of hydrogen-bond acceptors (Lipinski definition) is 3. The zero-order valence-electron chi connectivity index (χ0n) is 13.8. The lowest BCUT2D eigenvalue weighted by Crippen LogP contribution is -2.37. The number of rotatable bonds is 4. The summed E-state index contributed by atoms with van der Waals surface area (Å²) in [7, 11) is 0. The summed E-state index contributed by atoms with van der Waals surface area (Å²) in [5.41, 5.74) is 3.15. The van der Waals surface area contributed by atoms with Gasteiger partial charge >= 0.3 is 0 Å². The van der Waals surface area contributed by atoms with E-state index in [1.54, 1.807) is 4.90 Å². The number of carbonyl (C=O) groups excluding carboxylic acids is 2. The molecule has 2 aliphatic rings. The highest BCUT2D eigenvalue weighted by molar-refractivity contribution is 6.00. The highest BCUT2D eigenvalue weighted by atomic mass is 16.5. The molecular weight excluding hydrogens is 292 g/mol. The molecule has 2 atom stereocenters. The maximum atomic E-state index is 12.3. The quantitative estimate of drug-likeness (QED) is 0.924. The summed E-state index contributed by atoms with van der Waals surface area (Å²) in [5.74, 6) is -0.292. The van der Waals surface area contributed by atoms with Crippen molar-refractivity contribution in [2.75, 3.05) is 24.6 Å². The lowest BCUT2D eigenvalue weighted by Gasteiger charge is -2.19. The van der Waals surface area contributed by atoms with Crippen molar-refractivity contribution >= 4 is 17.5 Å². The molecule has 3 rings (SSSR count). The van der Waals surface area contributed by atoms with Crippen LogP contribution in [0.2, 0.25) is 0 Å². The van der Waals surface area contributed by atoms with Gasteiger partial charge in [0.25, 0.3) is 0 Å². The largest absolute Gasteiger partial charge is 0.376 e. The first kappa shape index (κ1) is 16.0. The Kier molecular flexibility index (Phi) is 4.66. The van der Waals surface area contributed by atoms with E-state index in [0.29, 0.717) is 13.1 Å². The van der Waals surface area contributed by atoms with Gasteiger partial charge in [0.2, 0.25) is 11.8 Å². The van der Waals surface area contributed by atoms with Crippen LogP contribution < -0.4 is 10.2 Å². The van der Waals surface area contributed by atoms with Crippen molar-refractivity contribution in [3.8, 4) is 0 Å². The molecule has 2 fully saturated rings. The molecule has 0 bridgehead atoms. The van der Waals surface area contributed by atoms with E-state index in [1.807, 2.05) is 26.0 Å². The van der Waals surface area contributed by atoms with Crippen molar-refractivity contribution in [2.24, 2.45) is 5.92 Å². The van der Waals surface area contributed by atoms with Crippen LogP contribution in [0.5, 0.6) is 0 Å². The lowest BCUT2D eigenvalue weighted by atomic mass is 10.1. The monoisotopic (exact) mass is 316 g/mol. The van der Waals surface area contributed by atoms with Crippen molar-refractivity contribution in [1.82, 2.24) is 5.32 Å². The van der Waals surface area contributed by atoms with Crippen LogP contribution >= 0.6 is 0 Å². The van der Waals surface area contributed by atoms with Gasteiger partial charge in [-0.2, -0.15) is 0 Å². The Labute approximate surface area is 137 Å². The van der Waals surface area contributed by atoms with Crippen LogP contribution in [0.4, 0.5) is 5.69 Å². The molecule has 0 saturated carbocycles. The predicted octanol–water partition coefficient (Wildman–Crippen LogP) is 1.95. The van der Waals surface area contributed by atoms with Crippen LogP contribution in [-0.2, 0) is 14.3 Å². The number of ether oxygens (including phenoxy) is 1. The van der Waals surface area contributed by atoms with Crippen LogP contribution in [0.15, 0.2) is 18.2 Å². The van der Waals surface area contributed by atoms with Crippen molar-refractivity contribution in [3.63, 3.8) is 0 Å². The minimum atomic E-state index is -0.274. The molecule has 0 aromatic heterocycles. The molecule has 2 heterocycles. The number of carbonyl (C=O) groups is 2. The van der Waals surface area contributed by atoms with Crippen LogP contribution in [0.3, 0.4) is 0 Å². The number of anilines is 1. The predicted molar refractivity (Wildman–Crippen MR) is 88.4 cm³/mol. The molecule has 2 aliphatic heterocycles. The third-order valence-corrected chi connectivity index (χ3v) is 4.67. The number of aryl methyl sites for hydroxylation is 2. The Morgan fingerprint density at radius 3 is 2.91 bits per heavy atom. The maximum Gasteiger partial charge on any atom is 0.227 e. The zero-order chi connectivity index (χ0) is 16.4. The summed E-state index contributed by atoms with van der Waals surface area (Å²) < 4.78 is 5.51. The van der Waals surface area contributed by atoms with E-state index < -0.39 is 0 Å². The average Bonchev–Trinajstić information content (AvgIpc) is 3.15. The van der Waals surface area contributed by atoms with Gasteiger partial charge in [-0.05, 0) is 38.3 Å². The van der Waals surface area contributed by atoms with Gasteiger partial charge in [-0.15, -0.1) is 0 Å². The number of amides is 2.